The van der Waals surface area contributed by atoms with Crippen molar-refractivity contribution in [1.29, 1.82) is 0 Å². The quantitative estimate of drug-likeness (QED) is 0.555. The van der Waals surface area contributed by atoms with E-state index in [1.807, 2.05) is 13.8 Å². The fraction of sp³-hybridized carbons (Fsp3) is 0.909. The zero-order valence-corrected chi connectivity index (χ0v) is 9.38. The molecule has 14 heavy (non-hydrogen) atoms. The molecule has 3 nitrogen and oxygen atoms in total. The van der Waals surface area contributed by atoms with Gasteiger partial charge in [0.05, 0.1) is 0 Å². The Kier molecular flexibility index (Phi) is 4.39. The lowest BCUT2D eigenvalue weighted by molar-refractivity contribution is -0.0119. The van der Waals surface area contributed by atoms with Crippen LogP contribution in [0.25, 0.3) is 0 Å². The maximum absolute atomic E-state index is 6.01. The second kappa shape index (κ2) is 5.35. The molecule has 3 heteroatoms. The highest BCUT2D eigenvalue weighted by molar-refractivity contribution is 5.89. The maximum Gasteiger partial charge on any atom is 0.126 e. The van der Waals surface area contributed by atoms with Gasteiger partial charge in [-0.05, 0) is 26.7 Å². The van der Waals surface area contributed by atoms with Gasteiger partial charge in [0.1, 0.15) is 11.4 Å². The first-order chi connectivity index (χ1) is 6.75. The molecular weight excluding hydrogens is 176 g/mol. The molecule has 0 aromatic heterocycles. The van der Waals surface area contributed by atoms with Crippen LogP contribution in [0.3, 0.4) is 0 Å². The molecule has 0 aliphatic heterocycles. The second-order valence-electron chi connectivity index (χ2n) is 3.85. The second-order valence-corrected chi connectivity index (χ2v) is 3.85. The monoisotopic (exact) mass is 198 g/mol. The Labute approximate surface area is 86.7 Å². The highest BCUT2D eigenvalue weighted by Gasteiger charge is 2.36. The van der Waals surface area contributed by atoms with Gasteiger partial charge in [-0.3, -0.25) is 4.99 Å². The first-order valence-electron chi connectivity index (χ1n) is 5.69. The summed E-state index contributed by atoms with van der Waals surface area (Å²) in [5.41, 5.74) is 5.77. The van der Waals surface area contributed by atoms with Crippen molar-refractivity contribution >= 4 is 5.84 Å². The minimum absolute atomic E-state index is 0.233. The molecule has 0 unspecified atom stereocenters. The minimum atomic E-state index is -0.233. The van der Waals surface area contributed by atoms with E-state index in [1.165, 1.54) is 19.3 Å². The summed E-state index contributed by atoms with van der Waals surface area (Å²) >= 11 is 0. The lowest BCUT2D eigenvalue weighted by Gasteiger charge is -2.36. The predicted molar refractivity (Wildman–Crippen MR) is 59.6 cm³/mol. The molecule has 1 aliphatic rings. The Morgan fingerprint density at radius 2 is 1.93 bits per heavy atom. The van der Waals surface area contributed by atoms with E-state index < -0.39 is 0 Å². The van der Waals surface area contributed by atoms with Crippen LogP contribution >= 0.6 is 0 Å². The molecule has 0 spiro atoms. The van der Waals surface area contributed by atoms with Gasteiger partial charge in [0.25, 0.3) is 0 Å². The molecule has 82 valence electrons. The van der Waals surface area contributed by atoms with Gasteiger partial charge >= 0.3 is 0 Å². The summed E-state index contributed by atoms with van der Waals surface area (Å²) in [5, 5.41) is 0. The average molecular weight is 198 g/mol. The molecule has 0 radical (unpaired) electrons. The van der Waals surface area contributed by atoms with Crippen LogP contribution in [-0.2, 0) is 4.74 Å². The maximum atomic E-state index is 6.01. The molecule has 0 heterocycles. The summed E-state index contributed by atoms with van der Waals surface area (Å²) in [6.07, 6.45) is 5.79. The van der Waals surface area contributed by atoms with Crippen LogP contribution in [0.2, 0.25) is 0 Å². The van der Waals surface area contributed by atoms with E-state index in [0.29, 0.717) is 5.84 Å². The fourth-order valence-corrected chi connectivity index (χ4v) is 2.19. The molecule has 1 rings (SSSR count). The Balaban J connectivity index is 2.73. The average Bonchev–Trinajstić information content (AvgIpc) is 2.20. The zero-order valence-electron chi connectivity index (χ0n) is 9.38. The summed E-state index contributed by atoms with van der Waals surface area (Å²) in [6.45, 7) is 5.51. The summed E-state index contributed by atoms with van der Waals surface area (Å²) in [4.78, 5) is 4.31. The van der Waals surface area contributed by atoms with Crippen molar-refractivity contribution < 1.29 is 4.74 Å². The SMILES string of the molecule is CCN=C(N)C1(OCC)CCCCC1. The molecule has 0 atom stereocenters. The normalized spacial score (nSPS) is 22.3. The first-order valence-corrected chi connectivity index (χ1v) is 5.69. The molecule has 1 aliphatic carbocycles. The molecule has 0 aromatic carbocycles. The van der Waals surface area contributed by atoms with E-state index in [4.69, 9.17) is 10.5 Å². The number of hydrogen-bond donors (Lipinski definition) is 1. The lowest BCUT2D eigenvalue weighted by Crippen LogP contribution is -2.48. The van der Waals surface area contributed by atoms with Gasteiger partial charge in [0, 0.05) is 13.2 Å². The number of nitrogens with zero attached hydrogens (tertiary/aromatic N) is 1. The first kappa shape index (κ1) is 11.5. The Hall–Kier alpha value is -0.570. The van der Waals surface area contributed by atoms with Gasteiger partial charge in [-0.15, -0.1) is 0 Å². The number of amidine groups is 1. The van der Waals surface area contributed by atoms with Crippen LogP contribution in [0.1, 0.15) is 46.0 Å². The Morgan fingerprint density at radius 3 is 2.43 bits per heavy atom. The van der Waals surface area contributed by atoms with Gasteiger partial charge < -0.3 is 10.5 Å². The van der Waals surface area contributed by atoms with E-state index >= 15 is 0 Å². The van der Waals surface area contributed by atoms with Gasteiger partial charge in [-0.2, -0.15) is 0 Å². The van der Waals surface area contributed by atoms with Gasteiger partial charge in [-0.25, -0.2) is 0 Å². The van der Waals surface area contributed by atoms with Crippen molar-refractivity contribution in [2.45, 2.75) is 51.6 Å². The van der Waals surface area contributed by atoms with Crippen LogP contribution in [-0.4, -0.2) is 24.6 Å². The smallest absolute Gasteiger partial charge is 0.126 e. The lowest BCUT2D eigenvalue weighted by atomic mass is 9.83. The van der Waals surface area contributed by atoms with Crippen LogP contribution in [0.4, 0.5) is 0 Å². The number of rotatable bonds is 4. The minimum Gasteiger partial charge on any atom is -0.385 e. The zero-order chi connectivity index (χ0) is 10.4. The summed E-state index contributed by atoms with van der Waals surface area (Å²) < 4.78 is 5.83. The molecule has 0 bridgehead atoms. The fourth-order valence-electron chi connectivity index (χ4n) is 2.19. The summed E-state index contributed by atoms with van der Waals surface area (Å²) in [6, 6.07) is 0. The van der Waals surface area contributed by atoms with Crippen molar-refractivity contribution in [3.05, 3.63) is 0 Å². The summed E-state index contributed by atoms with van der Waals surface area (Å²) in [5.74, 6) is 0.710. The van der Waals surface area contributed by atoms with E-state index in [1.54, 1.807) is 0 Å². The van der Waals surface area contributed by atoms with Crippen molar-refractivity contribution in [2.24, 2.45) is 10.7 Å². The van der Waals surface area contributed by atoms with Gasteiger partial charge in [-0.1, -0.05) is 19.3 Å². The van der Waals surface area contributed by atoms with Crippen molar-refractivity contribution in [1.82, 2.24) is 0 Å². The Morgan fingerprint density at radius 1 is 1.29 bits per heavy atom. The van der Waals surface area contributed by atoms with E-state index in [0.717, 1.165) is 26.0 Å². The molecule has 0 saturated heterocycles. The van der Waals surface area contributed by atoms with Crippen molar-refractivity contribution in [2.75, 3.05) is 13.2 Å². The molecule has 1 saturated carbocycles. The Bertz CT molecular complexity index is 190. The number of aliphatic imine (C=N–C) groups is 1. The largest absolute Gasteiger partial charge is 0.385 e. The standard InChI is InChI=1S/C11H22N2O/c1-3-13-10(12)11(14-4-2)8-6-5-7-9-11/h3-9H2,1-2H3,(H2,12,13). The third-order valence-corrected chi connectivity index (χ3v) is 2.88. The summed E-state index contributed by atoms with van der Waals surface area (Å²) in [7, 11) is 0. The molecule has 0 aromatic rings. The van der Waals surface area contributed by atoms with Crippen LogP contribution < -0.4 is 5.73 Å². The van der Waals surface area contributed by atoms with Crippen molar-refractivity contribution in [3.63, 3.8) is 0 Å². The van der Waals surface area contributed by atoms with E-state index in [-0.39, 0.29) is 5.60 Å². The topological polar surface area (TPSA) is 47.6 Å². The van der Waals surface area contributed by atoms with E-state index in [9.17, 15) is 0 Å². The van der Waals surface area contributed by atoms with Crippen LogP contribution in [0.5, 0.6) is 0 Å². The molecule has 2 N–H and O–H groups in total. The van der Waals surface area contributed by atoms with E-state index in [2.05, 4.69) is 4.99 Å². The highest BCUT2D eigenvalue weighted by Crippen LogP contribution is 2.31. The third kappa shape index (κ3) is 2.47. The molecule has 0 amide bonds. The number of ether oxygens (including phenoxy) is 1. The molecular formula is C11H22N2O. The third-order valence-electron chi connectivity index (χ3n) is 2.88. The van der Waals surface area contributed by atoms with Crippen LogP contribution in [0.15, 0.2) is 4.99 Å². The van der Waals surface area contributed by atoms with Gasteiger partial charge in [0.15, 0.2) is 0 Å². The predicted octanol–water partition coefficient (Wildman–Crippen LogP) is 2.10. The van der Waals surface area contributed by atoms with Crippen molar-refractivity contribution in [3.8, 4) is 0 Å². The molecule has 1 fully saturated rings. The van der Waals surface area contributed by atoms with Crippen LogP contribution in [0, 0.1) is 0 Å². The number of nitrogens with two attached hydrogens (primary N) is 1. The number of hydrogen-bond acceptors (Lipinski definition) is 2. The van der Waals surface area contributed by atoms with Gasteiger partial charge in [0.2, 0.25) is 0 Å². The highest BCUT2D eigenvalue weighted by atomic mass is 16.5.